The molecule has 1 fully saturated rings. The summed E-state index contributed by atoms with van der Waals surface area (Å²) < 4.78 is 5.33. The van der Waals surface area contributed by atoms with Crippen LogP contribution in [0.25, 0.3) is 10.8 Å². The van der Waals surface area contributed by atoms with Crippen molar-refractivity contribution in [1.82, 2.24) is 0 Å². The lowest BCUT2D eigenvalue weighted by molar-refractivity contribution is -0.131. The summed E-state index contributed by atoms with van der Waals surface area (Å²) >= 11 is 0. The van der Waals surface area contributed by atoms with Gasteiger partial charge in [0.1, 0.15) is 17.3 Å². The van der Waals surface area contributed by atoms with Crippen molar-refractivity contribution in [3.63, 3.8) is 0 Å². The van der Waals surface area contributed by atoms with Crippen LogP contribution in [0.1, 0.15) is 26.2 Å². The van der Waals surface area contributed by atoms with E-state index in [4.69, 9.17) is 4.74 Å². The number of benzene rings is 2. The maximum Gasteiger partial charge on any atom is 0.308 e. The molecule has 0 bridgehead atoms. The molecule has 0 spiro atoms. The van der Waals surface area contributed by atoms with E-state index in [0.29, 0.717) is 16.6 Å². The first-order valence-corrected chi connectivity index (χ1v) is 8.69. The quantitative estimate of drug-likeness (QED) is 0.475. The zero-order chi connectivity index (χ0) is 13.9. The number of carbonyl (C=O) groups is 1. The third-order valence-electron chi connectivity index (χ3n) is 3.69. The highest BCUT2D eigenvalue weighted by molar-refractivity contribution is 7.97. The van der Waals surface area contributed by atoms with Gasteiger partial charge in [0.25, 0.3) is 0 Å². The number of ether oxygens (including phenoxy) is 1. The fraction of sp³-hybridized carbons (Fsp3) is 0.353. The van der Waals surface area contributed by atoms with Crippen LogP contribution in [0, 0.1) is 0 Å². The molecule has 2 aromatic carbocycles. The van der Waals surface area contributed by atoms with Gasteiger partial charge in [-0.1, -0.05) is 18.2 Å². The lowest BCUT2D eigenvalue weighted by Gasteiger charge is -2.16. The minimum absolute atomic E-state index is 0.261. The predicted molar refractivity (Wildman–Crippen MR) is 84.5 cm³/mol. The first-order chi connectivity index (χ1) is 9.75. The van der Waals surface area contributed by atoms with Gasteiger partial charge in [0, 0.05) is 28.6 Å². The van der Waals surface area contributed by atoms with Crippen LogP contribution in [0.2, 0.25) is 0 Å². The van der Waals surface area contributed by atoms with Crippen LogP contribution >= 0.6 is 0 Å². The summed E-state index contributed by atoms with van der Waals surface area (Å²) in [5, 5.41) is 2.30. The highest BCUT2D eigenvalue weighted by atomic mass is 32.2. The average molecular weight is 287 g/mol. The topological polar surface area (TPSA) is 26.3 Å². The van der Waals surface area contributed by atoms with Crippen molar-refractivity contribution in [3.8, 4) is 5.75 Å². The van der Waals surface area contributed by atoms with Gasteiger partial charge < -0.3 is 4.74 Å². The molecule has 0 aliphatic carbocycles. The van der Waals surface area contributed by atoms with E-state index in [1.54, 1.807) is 0 Å². The van der Waals surface area contributed by atoms with E-state index in [2.05, 4.69) is 18.2 Å². The van der Waals surface area contributed by atoms with Crippen LogP contribution in [0.15, 0.2) is 41.3 Å². The Kier molecular flexibility index (Phi) is 3.97. The molecule has 0 amide bonds. The van der Waals surface area contributed by atoms with E-state index in [1.165, 1.54) is 48.0 Å². The molecule has 0 atom stereocenters. The van der Waals surface area contributed by atoms with Gasteiger partial charge in [-0.05, 0) is 37.5 Å². The Morgan fingerprint density at radius 1 is 1.00 bits per heavy atom. The van der Waals surface area contributed by atoms with Crippen molar-refractivity contribution in [2.45, 2.75) is 31.1 Å². The molecule has 1 saturated heterocycles. The third-order valence-corrected chi connectivity index (χ3v) is 6.23. The second-order valence-corrected chi connectivity index (χ2v) is 7.40. The number of carbonyl (C=O) groups excluding carboxylic acids is 1. The van der Waals surface area contributed by atoms with Gasteiger partial charge >= 0.3 is 5.97 Å². The van der Waals surface area contributed by atoms with E-state index >= 15 is 0 Å². The Labute approximate surface area is 122 Å². The first-order valence-electron chi connectivity index (χ1n) is 7.13. The predicted octanol–water partition coefficient (Wildman–Crippen LogP) is 3.93. The molecule has 1 heterocycles. The maximum atomic E-state index is 11.2. The van der Waals surface area contributed by atoms with Crippen molar-refractivity contribution < 1.29 is 9.53 Å². The highest BCUT2D eigenvalue weighted by Gasteiger charge is 2.27. The van der Waals surface area contributed by atoms with Gasteiger partial charge in [-0.2, -0.15) is 0 Å². The van der Waals surface area contributed by atoms with Crippen molar-refractivity contribution in [2.75, 3.05) is 11.5 Å². The van der Waals surface area contributed by atoms with E-state index < -0.39 is 0 Å². The molecule has 2 nitrogen and oxygen atoms in total. The Bertz CT molecular complexity index is 630. The number of hydrogen-bond donors (Lipinski definition) is 0. The Hall–Kier alpha value is -1.48. The molecule has 3 rings (SSSR count). The highest BCUT2D eigenvalue weighted by Crippen LogP contribution is 2.34. The van der Waals surface area contributed by atoms with Gasteiger partial charge in [-0.3, -0.25) is 4.79 Å². The zero-order valence-corrected chi connectivity index (χ0v) is 12.5. The molecule has 3 heteroatoms. The summed E-state index contributed by atoms with van der Waals surface area (Å²) in [7, 11) is 0.356. The van der Waals surface area contributed by atoms with Gasteiger partial charge in [-0.25, -0.2) is 0 Å². The van der Waals surface area contributed by atoms with Gasteiger partial charge in [0.05, 0.1) is 0 Å². The Balaban J connectivity index is 2.08. The van der Waals surface area contributed by atoms with Crippen LogP contribution < -0.4 is 4.74 Å². The molecule has 2 aromatic rings. The van der Waals surface area contributed by atoms with E-state index in [1.807, 2.05) is 18.2 Å². The van der Waals surface area contributed by atoms with Crippen LogP contribution in [-0.4, -0.2) is 17.5 Å². The second-order valence-electron chi connectivity index (χ2n) is 5.16. The molecular formula is C17H19O2S+. The fourth-order valence-corrected chi connectivity index (χ4v) is 5.29. The summed E-state index contributed by atoms with van der Waals surface area (Å²) in [6.07, 6.45) is 4.04. The van der Waals surface area contributed by atoms with Crippen LogP contribution in [0.4, 0.5) is 0 Å². The Morgan fingerprint density at radius 2 is 1.70 bits per heavy atom. The normalized spacial score (nSPS) is 16.2. The summed E-state index contributed by atoms with van der Waals surface area (Å²) in [6.45, 7) is 1.45. The standard InChI is InChI=1S/C17H19O2S/c1-13(18)19-16-9-10-17(20-11-5-2-6-12-20)15-8-4-3-7-14(15)16/h3-4,7-10H,2,5-6,11-12H2,1H3/q+1. The zero-order valence-electron chi connectivity index (χ0n) is 11.7. The molecule has 1 aliphatic rings. The van der Waals surface area contributed by atoms with Crippen molar-refractivity contribution in [2.24, 2.45) is 0 Å². The van der Waals surface area contributed by atoms with Gasteiger partial charge in [-0.15, -0.1) is 0 Å². The second kappa shape index (κ2) is 5.88. The lowest BCUT2D eigenvalue weighted by Crippen LogP contribution is -2.18. The Morgan fingerprint density at radius 3 is 2.40 bits per heavy atom. The van der Waals surface area contributed by atoms with Gasteiger partial charge in [0.15, 0.2) is 4.90 Å². The van der Waals surface area contributed by atoms with Crippen molar-refractivity contribution in [1.29, 1.82) is 0 Å². The molecular weight excluding hydrogens is 268 g/mol. The molecule has 0 N–H and O–H groups in total. The molecule has 104 valence electrons. The number of rotatable bonds is 2. The molecule has 1 aliphatic heterocycles. The van der Waals surface area contributed by atoms with Crippen LogP contribution in [-0.2, 0) is 15.7 Å². The lowest BCUT2D eigenvalue weighted by atomic mass is 10.1. The smallest absolute Gasteiger partial charge is 0.308 e. The molecule has 0 aromatic heterocycles. The number of fused-ring (bicyclic) bond motifs is 1. The van der Waals surface area contributed by atoms with Crippen LogP contribution in [0.5, 0.6) is 5.75 Å². The maximum absolute atomic E-state index is 11.2. The first kappa shape index (κ1) is 13.5. The van der Waals surface area contributed by atoms with E-state index in [9.17, 15) is 4.79 Å². The summed E-state index contributed by atoms with van der Waals surface area (Å²) in [5.41, 5.74) is 0. The fourth-order valence-electron chi connectivity index (χ4n) is 2.79. The SMILES string of the molecule is CC(=O)Oc1ccc([S+]2CCCCC2)c2ccccc12. The number of hydrogen-bond acceptors (Lipinski definition) is 2. The largest absolute Gasteiger partial charge is 0.426 e. The number of esters is 1. The monoisotopic (exact) mass is 287 g/mol. The van der Waals surface area contributed by atoms with Crippen molar-refractivity contribution in [3.05, 3.63) is 36.4 Å². The molecule has 0 radical (unpaired) electrons. The van der Waals surface area contributed by atoms with E-state index in [-0.39, 0.29) is 5.97 Å². The molecule has 0 unspecified atom stereocenters. The molecule has 20 heavy (non-hydrogen) atoms. The minimum atomic E-state index is -0.261. The summed E-state index contributed by atoms with van der Waals surface area (Å²) in [5.74, 6) is 3.02. The third kappa shape index (κ3) is 2.68. The van der Waals surface area contributed by atoms with Crippen molar-refractivity contribution >= 4 is 27.6 Å². The van der Waals surface area contributed by atoms with E-state index in [0.717, 1.165) is 5.39 Å². The van der Waals surface area contributed by atoms with Gasteiger partial charge in [0.2, 0.25) is 0 Å². The minimum Gasteiger partial charge on any atom is -0.426 e. The summed E-state index contributed by atoms with van der Waals surface area (Å²) in [6, 6.07) is 12.4. The molecule has 0 saturated carbocycles. The average Bonchev–Trinajstić information content (AvgIpc) is 2.48. The van der Waals surface area contributed by atoms with Crippen LogP contribution in [0.3, 0.4) is 0 Å². The summed E-state index contributed by atoms with van der Waals surface area (Å²) in [4.78, 5) is 12.7.